The molecule has 0 N–H and O–H groups in total. The Morgan fingerprint density at radius 2 is 1.59 bits per heavy atom. The Kier molecular flexibility index (Phi) is 6.71. The van der Waals surface area contributed by atoms with Gasteiger partial charge in [-0.25, -0.2) is 0 Å². The van der Waals surface area contributed by atoms with Gasteiger partial charge in [0.05, 0.1) is 17.6 Å². The van der Waals surface area contributed by atoms with E-state index in [2.05, 4.69) is 28.4 Å². The Morgan fingerprint density at radius 1 is 1.00 bits per heavy atom. The van der Waals surface area contributed by atoms with Crippen LogP contribution in [0.2, 0.25) is 0 Å². The molecule has 0 aromatic rings. The van der Waals surface area contributed by atoms with Crippen LogP contribution in [0.1, 0.15) is 27.7 Å². The molecule has 0 spiro atoms. The second-order valence-electron chi connectivity index (χ2n) is 3.97. The van der Waals surface area contributed by atoms with Crippen molar-refractivity contribution in [2.24, 2.45) is 15.2 Å². The summed E-state index contributed by atoms with van der Waals surface area (Å²) in [4.78, 5) is 4.44. The largest absolute Gasteiger partial charge is 0.252 e. The average molecular weight is 231 g/mol. The summed E-state index contributed by atoms with van der Waals surface area (Å²) < 4.78 is 0. The minimum Gasteiger partial charge on any atom is -0.252 e. The summed E-state index contributed by atoms with van der Waals surface area (Å²) in [5.74, 6) is 0. The number of hydrogen-bond donors (Lipinski definition) is 0. The van der Waals surface area contributed by atoms with E-state index in [1.165, 1.54) is 0 Å². The predicted molar refractivity (Wildman–Crippen MR) is 75.4 cm³/mol. The van der Waals surface area contributed by atoms with Crippen LogP contribution >= 0.6 is 0 Å². The van der Waals surface area contributed by atoms with Crippen molar-refractivity contribution in [3.63, 3.8) is 0 Å². The number of azo groups is 1. The van der Waals surface area contributed by atoms with E-state index < -0.39 is 0 Å². The third-order valence-electron chi connectivity index (χ3n) is 2.12. The first-order valence-corrected chi connectivity index (χ1v) is 5.43. The second-order valence-corrected chi connectivity index (χ2v) is 3.97. The molecule has 3 heteroatoms. The topological polar surface area (TPSA) is 37.1 Å². The van der Waals surface area contributed by atoms with Crippen molar-refractivity contribution in [3.8, 4) is 0 Å². The highest BCUT2D eigenvalue weighted by Gasteiger charge is 1.99. The van der Waals surface area contributed by atoms with Gasteiger partial charge >= 0.3 is 0 Å². The van der Waals surface area contributed by atoms with Gasteiger partial charge in [-0.1, -0.05) is 18.7 Å². The maximum absolute atomic E-state index is 4.44. The van der Waals surface area contributed by atoms with Gasteiger partial charge in [-0.15, -0.1) is 0 Å². The molecule has 0 bridgehead atoms. The van der Waals surface area contributed by atoms with E-state index in [4.69, 9.17) is 0 Å². The standard InChI is InChI=1S/C14H21N3/c1-10(2)12(5)8-14(11(3)4)17-13(6)9-16-15-7/h8-9H,1,3H2,2,4-7H3/b12-8+,13-9+,16-15?,17-14-. The van der Waals surface area contributed by atoms with Gasteiger partial charge < -0.3 is 0 Å². The Morgan fingerprint density at radius 3 is 2.00 bits per heavy atom. The molecule has 17 heavy (non-hydrogen) atoms. The second kappa shape index (κ2) is 7.49. The molecule has 0 atom stereocenters. The molecule has 0 saturated carbocycles. The fourth-order valence-electron chi connectivity index (χ4n) is 0.939. The summed E-state index contributed by atoms with van der Waals surface area (Å²) in [6.45, 7) is 15.6. The van der Waals surface area contributed by atoms with E-state index in [0.717, 1.165) is 28.1 Å². The number of allylic oxidation sites excluding steroid dienone is 5. The van der Waals surface area contributed by atoms with Crippen LogP contribution in [0.5, 0.6) is 0 Å². The molecule has 0 saturated heterocycles. The summed E-state index contributed by atoms with van der Waals surface area (Å²) in [7, 11) is 1.62. The molecule has 0 rings (SSSR count). The molecule has 0 radical (unpaired) electrons. The highest BCUT2D eigenvalue weighted by molar-refractivity contribution is 6.08. The first-order chi connectivity index (χ1) is 7.88. The van der Waals surface area contributed by atoms with E-state index in [1.54, 1.807) is 13.2 Å². The van der Waals surface area contributed by atoms with E-state index >= 15 is 0 Å². The minimum atomic E-state index is 0.791. The van der Waals surface area contributed by atoms with Crippen molar-refractivity contribution in [1.82, 2.24) is 0 Å². The molecular formula is C14H21N3. The lowest BCUT2D eigenvalue weighted by Crippen LogP contribution is -1.97. The van der Waals surface area contributed by atoms with Crippen LogP contribution < -0.4 is 0 Å². The molecule has 0 fully saturated rings. The summed E-state index contributed by atoms with van der Waals surface area (Å²) in [6.07, 6.45) is 3.60. The van der Waals surface area contributed by atoms with Gasteiger partial charge in [-0.05, 0) is 44.9 Å². The third-order valence-corrected chi connectivity index (χ3v) is 2.12. The van der Waals surface area contributed by atoms with Crippen LogP contribution in [0, 0.1) is 0 Å². The van der Waals surface area contributed by atoms with Crippen LogP contribution in [0.15, 0.2) is 63.1 Å². The molecular weight excluding hydrogens is 210 g/mol. The first-order valence-electron chi connectivity index (χ1n) is 5.43. The molecule has 0 unspecified atom stereocenters. The fourth-order valence-corrected chi connectivity index (χ4v) is 0.939. The van der Waals surface area contributed by atoms with Gasteiger partial charge in [0, 0.05) is 7.05 Å². The monoisotopic (exact) mass is 231 g/mol. The van der Waals surface area contributed by atoms with Crippen molar-refractivity contribution >= 4 is 5.71 Å². The average Bonchev–Trinajstić information content (AvgIpc) is 2.24. The summed E-state index contributed by atoms with van der Waals surface area (Å²) in [5.41, 5.74) is 4.65. The van der Waals surface area contributed by atoms with Gasteiger partial charge in [0.1, 0.15) is 0 Å². The number of rotatable bonds is 5. The predicted octanol–water partition coefficient (Wildman–Crippen LogP) is 4.47. The Bertz CT molecular complexity index is 421. The smallest absolute Gasteiger partial charge is 0.0703 e. The lowest BCUT2D eigenvalue weighted by molar-refractivity contribution is 1.13. The Hall–Kier alpha value is -1.77. The van der Waals surface area contributed by atoms with Crippen molar-refractivity contribution in [1.29, 1.82) is 0 Å². The Balaban J connectivity index is 5.26. The van der Waals surface area contributed by atoms with Crippen molar-refractivity contribution in [2.75, 3.05) is 7.05 Å². The van der Waals surface area contributed by atoms with Gasteiger partial charge in [0.15, 0.2) is 0 Å². The summed E-state index contributed by atoms with van der Waals surface area (Å²) >= 11 is 0. The van der Waals surface area contributed by atoms with Crippen LogP contribution in [0.3, 0.4) is 0 Å². The number of aliphatic imine (C=N–C) groups is 1. The van der Waals surface area contributed by atoms with Crippen molar-refractivity contribution in [2.45, 2.75) is 27.7 Å². The maximum atomic E-state index is 4.44. The van der Waals surface area contributed by atoms with Crippen LogP contribution in [0.25, 0.3) is 0 Å². The molecule has 0 aliphatic heterocycles. The Labute approximate surface area is 104 Å². The van der Waals surface area contributed by atoms with Gasteiger partial charge in [-0.2, -0.15) is 10.2 Å². The zero-order valence-electron chi connectivity index (χ0n) is 11.4. The first kappa shape index (κ1) is 15.2. The highest BCUT2D eigenvalue weighted by atomic mass is 15.1. The van der Waals surface area contributed by atoms with Gasteiger partial charge in [0.2, 0.25) is 0 Å². The normalized spacial score (nSPS) is 14.3. The highest BCUT2D eigenvalue weighted by Crippen LogP contribution is 2.10. The lowest BCUT2D eigenvalue weighted by atomic mass is 10.1. The van der Waals surface area contributed by atoms with E-state index in [-0.39, 0.29) is 0 Å². The SMILES string of the molecule is C=C(C)C(/C=C(\C)C(=C)C)=N\C(C)=C\N=NC. The molecule has 0 amide bonds. The van der Waals surface area contributed by atoms with Crippen LogP contribution in [-0.2, 0) is 0 Å². The van der Waals surface area contributed by atoms with Crippen LogP contribution in [0.4, 0.5) is 0 Å². The van der Waals surface area contributed by atoms with Gasteiger partial charge in [0.25, 0.3) is 0 Å². The lowest BCUT2D eigenvalue weighted by Gasteiger charge is -2.04. The van der Waals surface area contributed by atoms with Crippen LogP contribution in [-0.4, -0.2) is 12.8 Å². The molecule has 0 aromatic heterocycles. The molecule has 0 aromatic carbocycles. The quantitative estimate of drug-likeness (QED) is 0.380. The van der Waals surface area contributed by atoms with Gasteiger partial charge in [-0.3, -0.25) is 4.99 Å². The van der Waals surface area contributed by atoms with E-state index in [0.29, 0.717) is 0 Å². The number of nitrogens with zero attached hydrogens (tertiary/aromatic N) is 3. The summed E-state index contributed by atoms with van der Waals surface area (Å²) in [6, 6.07) is 0. The van der Waals surface area contributed by atoms with E-state index in [9.17, 15) is 0 Å². The van der Waals surface area contributed by atoms with Crippen molar-refractivity contribution < 1.29 is 0 Å². The molecule has 0 aliphatic carbocycles. The fraction of sp³-hybridized carbons (Fsp3) is 0.357. The molecule has 0 aliphatic rings. The molecule has 92 valence electrons. The van der Waals surface area contributed by atoms with Crippen molar-refractivity contribution in [3.05, 3.63) is 47.9 Å². The minimum absolute atomic E-state index is 0.791. The zero-order chi connectivity index (χ0) is 13.4. The number of hydrogen-bond acceptors (Lipinski definition) is 3. The molecule has 0 heterocycles. The van der Waals surface area contributed by atoms with E-state index in [1.807, 2.05) is 33.8 Å². The third kappa shape index (κ3) is 6.40. The maximum Gasteiger partial charge on any atom is 0.0703 e. The zero-order valence-corrected chi connectivity index (χ0v) is 11.4. The summed E-state index contributed by atoms with van der Waals surface area (Å²) in [5, 5.41) is 7.43. The molecule has 3 nitrogen and oxygen atoms in total.